The van der Waals surface area contributed by atoms with Crippen molar-refractivity contribution in [2.45, 2.75) is 53.1 Å². The minimum Gasteiger partial charge on any atom is -0.489 e. The molecule has 5 nitrogen and oxygen atoms in total. The highest BCUT2D eigenvalue weighted by Gasteiger charge is 2.37. The number of carboxylic acids is 1. The summed E-state index contributed by atoms with van der Waals surface area (Å²) in [5, 5.41) is 12.0. The number of amides is 1. The number of hydrogen-bond acceptors (Lipinski definition) is 3. The van der Waals surface area contributed by atoms with Crippen LogP contribution >= 0.6 is 0 Å². The molecule has 0 saturated heterocycles. The van der Waals surface area contributed by atoms with E-state index in [1.165, 1.54) is 12.1 Å². The Morgan fingerprint density at radius 1 is 1.30 bits per heavy atom. The molecule has 0 aliphatic heterocycles. The predicted molar refractivity (Wildman–Crippen MR) is 86.1 cm³/mol. The maximum atomic E-state index is 13.4. The van der Waals surface area contributed by atoms with Gasteiger partial charge in [-0.25, -0.2) is 4.39 Å². The number of carbonyl (C=O) groups excluding carboxylic acids is 1. The highest BCUT2D eigenvalue weighted by Crippen LogP contribution is 2.33. The summed E-state index contributed by atoms with van der Waals surface area (Å²) in [5.41, 5.74) is -0.911. The number of carbonyl (C=O) groups is 2. The van der Waals surface area contributed by atoms with Crippen LogP contribution in [-0.4, -0.2) is 23.1 Å². The van der Waals surface area contributed by atoms with Gasteiger partial charge >= 0.3 is 5.97 Å². The van der Waals surface area contributed by atoms with E-state index in [0.717, 1.165) is 6.07 Å². The first-order valence-electron chi connectivity index (χ1n) is 7.73. The van der Waals surface area contributed by atoms with Crippen LogP contribution in [0.15, 0.2) is 18.2 Å². The zero-order valence-corrected chi connectivity index (χ0v) is 14.0. The first-order chi connectivity index (χ1) is 10.7. The van der Waals surface area contributed by atoms with Gasteiger partial charge in [0.25, 0.3) is 0 Å². The smallest absolute Gasteiger partial charge is 0.310 e. The molecule has 1 amide bonds. The first-order valence-corrected chi connectivity index (χ1v) is 7.73. The maximum absolute atomic E-state index is 13.4. The molecule has 6 heteroatoms. The van der Waals surface area contributed by atoms with Crippen LogP contribution in [-0.2, 0) is 9.59 Å². The molecule has 0 aliphatic carbocycles. The zero-order chi connectivity index (χ0) is 17.6. The minimum absolute atomic E-state index is 0.138. The van der Waals surface area contributed by atoms with Gasteiger partial charge in [0.15, 0.2) is 0 Å². The Bertz CT molecular complexity index is 568. The molecule has 0 unspecified atom stereocenters. The van der Waals surface area contributed by atoms with Gasteiger partial charge in [-0.3, -0.25) is 9.59 Å². The molecule has 23 heavy (non-hydrogen) atoms. The molecule has 2 N–H and O–H groups in total. The molecule has 0 radical (unpaired) electrons. The molecule has 128 valence electrons. The van der Waals surface area contributed by atoms with Gasteiger partial charge in [-0.05, 0) is 38.8 Å². The zero-order valence-electron chi connectivity index (χ0n) is 14.0. The highest BCUT2D eigenvalue weighted by atomic mass is 19.1. The third kappa shape index (κ3) is 4.94. The Labute approximate surface area is 135 Å². The summed E-state index contributed by atoms with van der Waals surface area (Å²) >= 11 is 0. The molecule has 0 spiro atoms. The summed E-state index contributed by atoms with van der Waals surface area (Å²) in [6, 6.07) is 3.85. The molecule has 1 aromatic rings. The maximum Gasteiger partial charge on any atom is 0.310 e. The van der Waals surface area contributed by atoms with Gasteiger partial charge in [-0.1, -0.05) is 13.8 Å². The van der Waals surface area contributed by atoms with E-state index in [-0.39, 0.29) is 18.2 Å². The molecular formula is C17H24FNO4. The second kappa shape index (κ2) is 7.94. The molecule has 0 aromatic heterocycles. The molecule has 0 aliphatic rings. The Morgan fingerprint density at radius 2 is 1.91 bits per heavy atom. The van der Waals surface area contributed by atoms with Crippen molar-refractivity contribution in [2.75, 3.05) is 5.32 Å². The van der Waals surface area contributed by atoms with Crippen LogP contribution in [0.5, 0.6) is 5.75 Å². The van der Waals surface area contributed by atoms with Gasteiger partial charge in [0.2, 0.25) is 5.91 Å². The fourth-order valence-electron chi connectivity index (χ4n) is 2.34. The standard InChI is InChI=1S/C17H24FNO4/c1-5-17(6-2,16(21)22)10-15(20)19-13-9-12(18)7-8-14(13)23-11(3)4/h7-9,11H,5-6,10H2,1-4H3,(H,19,20)(H,21,22). The third-order valence-corrected chi connectivity index (χ3v) is 3.88. The minimum atomic E-state index is -1.11. The van der Waals surface area contributed by atoms with E-state index in [0.29, 0.717) is 18.6 Å². The first kappa shape index (κ1) is 18.9. The number of anilines is 1. The molecular weight excluding hydrogens is 301 g/mol. The van der Waals surface area contributed by atoms with Gasteiger partial charge < -0.3 is 15.2 Å². The van der Waals surface area contributed by atoms with Gasteiger partial charge in [0.05, 0.1) is 17.2 Å². The molecule has 0 heterocycles. The van der Waals surface area contributed by atoms with Crippen LogP contribution in [0.4, 0.5) is 10.1 Å². The monoisotopic (exact) mass is 325 g/mol. The average molecular weight is 325 g/mol. The lowest BCUT2D eigenvalue weighted by atomic mass is 9.79. The van der Waals surface area contributed by atoms with Crippen molar-refractivity contribution in [3.8, 4) is 5.75 Å². The normalized spacial score (nSPS) is 11.4. The molecule has 0 bridgehead atoms. The number of hydrogen-bond donors (Lipinski definition) is 2. The van der Waals surface area contributed by atoms with Crippen molar-refractivity contribution in [1.29, 1.82) is 0 Å². The van der Waals surface area contributed by atoms with Crippen molar-refractivity contribution in [3.63, 3.8) is 0 Å². The number of rotatable bonds is 8. The Kier molecular flexibility index (Phi) is 6.54. The van der Waals surface area contributed by atoms with Crippen molar-refractivity contribution in [2.24, 2.45) is 5.41 Å². The van der Waals surface area contributed by atoms with Crippen LogP contribution in [0.2, 0.25) is 0 Å². The molecule has 1 rings (SSSR count). The largest absolute Gasteiger partial charge is 0.489 e. The van der Waals surface area contributed by atoms with Crippen molar-refractivity contribution >= 4 is 17.6 Å². The fourth-order valence-corrected chi connectivity index (χ4v) is 2.34. The lowest BCUT2D eigenvalue weighted by Gasteiger charge is -2.26. The number of ether oxygens (including phenoxy) is 1. The summed E-state index contributed by atoms with van der Waals surface area (Å²) in [6.07, 6.45) is 0.364. The Hall–Kier alpha value is -2.11. The number of aliphatic carboxylic acids is 1. The summed E-state index contributed by atoms with van der Waals surface area (Å²) in [4.78, 5) is 23.7. The van der Waals surface area contributed by atoms with E-state index >= 15 is 0 Å². The number of halogens is 1. The second-order valence-corrected chi connectivity index (χ2v) is 5.82. The summed E-state index contributed by atoms with van der Waals surface area (Å²) in [5.74, 6) is -1.64. The topological polar surface area (TPSA) is 75.6 Å². The van der Waals surface area contributed by atoms with Crippen LogP contribution in [0.1, 0.15) is 47.0 Å². The van der Waals surface area contributed by atoms with Gasteiger partial charge in [0.1, 0.15) is 11.6 Å². The fraction of sp³-hybridized carbons (Fsp3) is 0.529. The van der Waals surface area contributed by atoms with E-state index in [2.05, 4.69) is 5.32 Å². The van der Waals surface area contributed by atoms with E-state index in [1.54, 1.807) is 13.8 Å². The summed E-state index contributed by atoms with van der Waals surface area (Å²) < 4.78 is 19.0. The van der Waals surface area contributed by atoms with E-state index < -0.39 is 23.1 Å². The molecule has 0 atom stereocenters. The van der Waals surface area contributed by atoms with E-state index in [1.807, 2.05) is 13.8 Å². The van der Waals surface area contributed by atoms with Crippen molar-refractivity contribution in [1.82, 2.24) is 0 Å². The lowest BCUT2D eigenvalue weighted by Crippen LogP contribution is -2.34. The molecule has 1 aromatic carbocycles. The third-order valence-electron chi connectivity index (χ3n) is 3.88. The quantitative estimate of drug-likeness (QED) is 0.761. The molecule has 0 saturated carbocycles. The van der Waals surface area contributed by atoms with Crippen molar-refractivity contribution < 1.29 is 23.8 Å². The number of nitrogens with one attached hydrogen (secondary N) is 1. The van der Waals surface area contributed by atoms with Crippen LogP contribution in [0, 0.1) is 11.2 Å². The number of carboxylic acid groups (broad SMARTS) is 1. The average Bonchev–Trinajstić information content (AvgIpc) is 2.47. The number of benzene rings is 1. The summed E-state index contributed by atoms with van der Waals surface area (Å²) in [7, 11) is 0. The van der Waals surface area contributed by atoms with Crippen LogP contribution < -0.4 is 10.1 Å². The lowest BCUT2D eigenvalue weighted by molar-refractivity contribution is -0.151. The van der Waals surface area contributed by atoms with Gasteiger partial charge in [-0.2, -0.15) is 0 Å². The van der Waals surface area contributed by atoms with Gasteiger partial charge in [0, 0.05) is 12.5 Å². The van der Waals surface area contributed by atoms with Crippen LogP contribution in [0.3, 0.4) is 0 Å². The molecule has 0 fully saturated rings. The van der Waals surface area contributed by atoms with Gasteiger partial charge in [-0.15, -0.1) is 0 Å². The van der Waals surface area contributed by atoms with E-state index in [9.17, 15) is 19.1 Å². The van der Waals surface area contributed by atoms with Crippen LogP contribution in [0.25, 0.3) is 0 Å². The SMILES string of the molecule is CCC(CC)(CC(=O)Nc1cc(F)ccc1OC(C)C)C(=O)O. The Morgan fingerprint density at radius 3 is 2.39 bits per heavy atom. The van der Waals surface area contributed by atoms with Crippen molar-refractivity contribution in [3.05, 3.63) is 24.0 Å². The second-order valence-electron chi connectivity index (χ2n) is 5.82. The van der Waals surface area contributed by atoms with E-state index in [4.69, 9.17) is 4.74 Å². The Balaban J connectivity index is 2.96. The predicted octanol–water partition coefficient (Wildman–Crippen LogP) is 3.83. The highest BCUT2D eigenvalue weighted by molar-refractivity contribution is 5.95. The summed E-state index contributed by atoms with van der Waals surface area (Å²) in [6.45, 7) is 7.11.